The minimum absolute atomic E-state index is 0.00474. The summed E-state index contributed by atoms with van der Waals surface area (Å²) in [7, 11) is -3.87. The summed E-state index contributed by atoms with van der Waals surface area (Å²) < 4.78 is 52.4. The average Bonchev–Trinajstić information content (AvgIpc) is 3.08. The van der Waals surface area contributed by atoms with Gasteiger partial charge in [-0.15, -0.1) is 0 Å². The minimum atomic E-state index is -3.87. The maximum absolute atomic E-state index is 13.8. The van der Waals surface area contributed by atoms with E-state index in [9.17, 15) is 17.2 Å². The van der Waals surface area contributed by atoms with Crippen molar-refractivity contribution in [2.75, 3.05) is 0 Å². The van der Waals surface area contributed by atoms with Crippen LogP contribution in [0.2, 0.25) is 0 Å². The molecule has 1 N–H and O–H groups in total. The molecule has 0 fully saturated rings. The Morgan fingerprint density at radius 1 is 1.00 bits per heavy atom. The number of aromatic nitrogens is 3. The van der Waals surface area contributed by atoms with Crippen molar-refractivity contribution in [2.24, 2.45) is 0 Å². The number of nitrogens with one attached hydrogen (secondary N) is 1. The lowest BCUT2D eigenvalue weighted by Crippen LogP contribution is -2.07. The molecular weight excluding hydrogens is 372 g/mol. The first-order valence-electron chi connectivity index (χ1n) is 8.00. The van der Waals surface area contributed by atoms with E-state index in [1.807, 2.05) is 6.07 Å². The molecule has 0 aliphatic carbocycles. The summed E-state index contributed by atoms with van der Waals surface area (Å²) in [5.41, 5.74) is 1.50. The van der Waals surface area contributed by atoms with E-state index in [1.54, 1.807) is 24.4 Å². The number of H-pyrrole nitrogens is 1. The van der Waals surface area contributed by atoms with E-state index in [1.165, 1.54) is 12.1 Å². The number of imidazole rings is 1. The molecule has 5 nitrogen and oxygen atoms in total. The first-order valence-corrected chi connectivity index (χ1v) is 9.65. The van der Waals surface area contributed by atoms with Crippen molar-refractivity contribution in [3.05, 3.63) is 78.0 Å². The number of aromatic amines is 1. The van der Waals surface area contributed by atoms with Gasteiger partial charge in [0, 0.05) is 11.8 Å². The van der Waals surface area contributed by atoms with E-state index in [4.69, 9.17) is 0 Å². The third-order valence-corrected chi connectivity index (χ3v) is 5.74. The second-order valence-electron chi connectivity index (χ2n) is 5.97. The third-order valence-electron chi connectivity index (χ3n) is 4.07. The summed E-state index contributed by atoms with van der Waals surface area (Å²) in [5.74, 6) is -1.58. The summed E-state index contributed by atoms with van der Waals surface area (Å²) in [6.45, 7) is 0. The highest BCUT2D eigenvalue weighted by Gasteiger charge is 2.19. The summed E-state index contributed by atoms with van der Waals surface area (Å²) in [5, 5.41) is 0. The second kappa shape index (κ2) is 6.55. The van der Waals surface area contributed by atoms with Crippen LogP contribution in [0.4, 0.5) is 8.78 Å². The number of pyridine rings is 1. The van der Waals surface area contributed by atoms with Crippen molar-refractivity contribution in [1.29, 1.82) is 0 Å². The van der Waals surface area contributed by atoms with Crippen LogP contribution in [0.5, 0.6) is 0 Å². The van der Waals surface area contributed by atoms with Crippen LogP contribution in [0.25, 0.3) is 22.6 Å². The van der Waals surface area contributed by atoms with Gasteiger partial charge in [-0.05, 0) is 48.5 Å². The lowest BCUT2D eigenvalue weighted by atomic mass is 10.2. The van der Waals surface area contributed by atoms with Crippen LogP contribution in [0.15, 0.2) is 65.7 Å². The van der Waals surface area contributed by atoms with Crippen molar-refractivity contribution in [3.63, 3.8) is 0 Å². The molecule has 0 amide bonds. The summed E-state index contributed by atoms with van der Waals surface area (Å²) in [6, 6.07) is 12.5. The molecule has 0 saturated heterocycles. The van der Waals surface area contributed by atoms with E-state index in [0.717, 1.165) is 18.2 Å². The quantitative estimate of drug-likeness (QED) is 0.579. The molecule has 0 unspecified atom stereocenters. The zero-order valence-corrected chi connectivity index (χ0v) is 14.7. The number of hydrogen-bond acceptors (Lipinski definition) is 4. The van der Waals surface area contributed by atoms with Crippen LogP contribution in [0, 0.1) is 11.6 Å². The van der Waals surface area contributed by atoms with Crippen molar-refractivity contribution in [1.82, 2.24) is 15.0 Å². The molecule has 136 valence electrons. The molecule has 0 aliphatic heterocycles. The number of fused-ring (bicyclic) bond motifs is 1. The fraction of sp³-hybridized carbons (Fsp3) is 0.0526. The summed E-state index contributed by atoms with van der Waals surface area (Å²) in [4.78, 5) is 11.6. The average molecular weight is 385 g/mol. The Kier molecular flexibility index (Phi) is 4.19. The highest BCUT2D eigenvalue weighted by atomic mass is 32.2. The molecule has 0 radical (unpaired) electrons. The Bertz CT molecular complexity index is 1240. The number of sulfone groups is 1. The maximum Gasteiger partial charge on any atom is 0.182 e. The predicted octanol–water partition coefficient (Wildman–Crippen LogP) is 3.88. The molecule has 4 rings (SSSR count). The maximum atomic E-state index is 13.8. The molecular formula is C19H13F2N3O2S. The molecule has 27 heavy (non-hydrogen) atoms. The van der Waals surface area contributed by atoms with E-state index in [2.05, 4.69) is 15.0 Å². The van der Waals surface area contributed by atoms with Gasteiger partial charge in [-0.3, -0.25) is 4.98 Å². The smallest absolute Gasteiger partial charge is 0.182 e. The minimum Gasteiger partial charge on any atom is -0.337 e. The van der Waals surface area contributed by atoms with Gasteiger partial charge in [0.1, 0.15) is 17.3 Å². The van der Waals surface area contributed by atoms with Gasteiger partial charge in [0.2, 0.25) is 0 Å². The zero-order valence-electron chi connectivity index (χ0n) is 13.9. The third kappa shape index (κ3) is 3.43. The molecule has 0 bridgehead atoms. The van der Waals surface area contributed by atoms with E-state index < -0.39 is 27.2 Å². The normalized spacial score (nSPS) is 11.8. The van der Waals surface area contributed by atoms with Crippen LogP contribution in [-0.2, 0) is 15.6 Å². The van der Waals surface area contributed by atoms with E-state index in [-0.39, 0.29) is 10.5 Å². The first kappa shape index (κ1) is 17.3. The van der Waals surface area contributed by atoms with Gasteiger partial charge in [-0.2, -0.15) is 0 Å². The molecule has 0 spiro atoms. The molecule has 0 aliphatic rings. The van der Waals surface area contributed by atoms with Crippen molar-refractivity contribution >= 4 is 20.9 Å². The fourth-order valence-corrected chi connectivity index (χ4v) is 4.12. The molecule has 4 aromatic rings. The lowest BCUT2D eigenvalue weighted by Gasteiger charge is -2.06. The van der Waals surface area contributed by atoms with Crippen molar-refractivity contribution in [2.45, 2.75) is 10.6 Å². The van der Waals surface area contributed by atoms with Crippen LogP contribution < -0.4 is 0 Å². The van der Waals surface area contributed by atoms with Crippen LogP contribution in [0.1, 0.15) is 5.56 Å². The molecule has 2 aromatic heterocycles. The molecule has 2 heterocycles. The molecule has 2 aromatic carbocycles. The Labute approximate surface area is 153 Å². The van der Waals surface area contributed by atoms with Crippen molar-refractivity contribution in [3.8, 4) is 11.5 Å². The Morgan fingerprint density at radius 3 is 2.63 bits per heavy atom. The van der Waals surface area contributed by atoms with Crippen LogP contribution in [-0.4, -0.2) is 23.4 Å². The first-order chi connectivity index (χ1) is 12.9. The molecule has 0 saturated carbocycles. The van der Waals surface area contributed by atoms with Crippen LogP contribution >= 0.6 is 0 Å². The molecule has 8 heteroatoms. The van der Waals surface area contributed by atoms with Gasteiger partial charge < -0.3 is 4.98 Å². The number of rotatable bonds is 4. The van der Waals surface area contributed by atoms with Gasteiger partial charge in [-0.1, -0.05) is 6.07 Å². The van der Waals surface area contributed by atoms with E-state index in [0.29, 0.717) is 22.6 Å². The highest BCUT2D eigenvalue weighted by Crippen LogP contribution is 2.24. The zero-order chi connectivity index (χ0) is 19.0. The topological polar surface area (TPSA) is 75.7 Å². The largest absolute Gasteiger partial charge is 0.337 e. The Morgan fingerprint density at radius 2 is 1.85 bits per heavy atom. The van der Waals surface area contributed by atoms with Gasteiger partial charge in [0.15, 0.2) is 15.7 Å². The SMILES string of the molecule is O=S(=O)(Cc1cc(F)ccc1F)c1ccc2nc(-c3ccccn3)[nH]c2c1. The standard InChI is InChI=1S/C19H13F2N3O2S/c20-13-4-6-15(21)12(9-13)11-27(25,26)14-5-7-16-18(10-14)24-19(23-16)17-3-1-2-8-22-17/h1-10H,11H2,(H,23,24). The van der Waals surface area contributed by atoms with Gasteiger partial charge in [0.05, 0.1) is 21.7 Å². The number of nitrogens with zero attached hydrogens (tertiary/aromatic N) is 2. The van der Waals surface area contributed by atoms with Crippen LogP contribution in [0.3, 0.4) is 0 Å². The predicted molar refractivity (Wildman–Crippen MR) is 96.6 cm³/mol. The second-order valence-corrected chi connectivity index (χ2v) is 7.96. The summed E-state index contributed by atoms with van der Waals surface area (Å²) >= 11 is 0. The van der Waals surface area contributed by atoms with Crippen molar-refractivity contribution < 1.29 is 17.2 Å². The Hall–Kier alpha value is -3.13. The van der Waals surface area contributed by atoms with E-state index >= 15 is 0 Å². The highest BCUT2D eigenvalue weighted by molar-refractivity contribution is 7.90. The van der Waals surface area contributed by atoms with Gasteiger partial charge >= 0.3 is 0 Å². The number of benzene rings is 2. The summed E-state index contributed by atoms with van der Waals surface area (Å²) in [6.07, 6.45) is 1.63. The monoisotopic (exact) mass is 385 g/mol. The van der Waals surface area contributed by atoms with Gasteiger partial charge in [0.25, 0.3) is 0 Å². The Balaban J connectivity index is 1.71. The number of halogens is 2. The lowest BCUT2D eigenvalue weighted by molar-refractivity contribution is 0.578. The fourth-order valence-electron chi connectivity index (χ4n) is 2.75. The number of hydrogen-bond donors (Lipinski definition) is 1. The molecule has 0 atom stereocenters. The van der Waals surface area contributed by atoms with Gasteiger partial charge in [-0.25, -0.2) is 22.2 Å².